The lowest BCUT2D eigenvalue weighted by atomic mass is 10.3. The number of nitrogens with zero attached hydrogens (tertiary/aromatic N) is 3. The minimum Gasteiger partial charge on any atom is -0.506 e. The molecule has 3 N–H and O–H groups in total. The van der Waals surface area contributed by atoms with Crippen LogP contribution in [0.1, 0.15) is 0 Å². The molecule has 0 saturated carbocycles. The average Bonchev–Trinajstić information content (AvgIpc) is 3.01. The summed E-state index contributed by atoms with van der Waals surface area (Å²) in [6.07, 6.45) is 1.81. The van der Waals surface area contributed by atoms with E-state index in [4.69, 9.17) is 16.3 Å². The van der Waals surface area contributed by atoms with Crippen LogP contribution in [0.25, 0.3) is 11.2 Å². The number of hydrogen-bond donors (Lipinski definition) is 3. The first-order valence-electron chi connectivity index (χ1n) is 7.79. The fourth-order valence-electron chi connectivity index (χ4n) is 2.51. The Hall–Kier alpha value is -2.00. The predicted molar refractivity (Wildman–Crippen MR) is 98.5 cm³/mol. The molecule has 0 radical (unpaired) electrons. The molecule has 0 spiro atoms. The monoisotopic (exact) mass is 377 g/mol. The van der Waals surface area contributed by atoms with E-state index in [1.807, 2.05) is 12.3 Å². The van der Waals surface area contributed by atoms with Crippen molar-refractivity contribution < 1.29 is 9.84 Å². The highest BCUT2D eigenvalue weighted by Crippen LogP contribution is 2.30. The van der Waals surface area contributed by atoms with Gasteiger partial charge < -0.3 is 20.1 Å². The maximum atomic E-state index is 9.90. The number of aromatic hydroxyl groups is 1. The Morgan fingerprint density at radius 3 is 2.96 bits per heavy atom. The predicted octanol–water partition coefficient (Wildman–Crippen LogP) is 3.40. The van der Waals surface area contributed by atoms with Gasteiger partial charge in [0, 0.05) is 29.2 Å². The molecule has 130 valence electrons. The summed E-state index contributed by atoms with van der Waals surface area (Å²) in [5.74, 6) is 0.593. The number of nitrogens with one attached hydrogen (secondary N) is 2. The number of aromatic nitrogens is 3. The van der Waals surface area contributed by atoms with Gasteiger partial charge in [0.1, 0.15) is 5.75 Å². The van der Waals surface area contributed by atoms with Crippen molar-refractivity contribution in [3.63, 3.8) is 0 Å². The minimum atomic E-state index is 0.0985. The first-order chi connectivity index (χ1) is 12.2. The number of rotatable bonds is 4. The number of imidazole rings is 1. The lowest BCUT2D eigenvalue weighted by Crippen LogP contribution is -2.30. The van der Waals surface area contributed by atoms with E-state index in [-0.39, 0.29) is 5.75 Å². The molecule has 7 nitrogen and oxygen atoms in total. The van der Waals surface area contributed by atoms with E-state index < -0.39 is 0 Å². The Kier molecular flexibility index (Phi) is 4.67. The molecule has 1 aliphatic rings. The summed E-state index contributed by atoms with van der Waals surface area (Å²) in [6, 6.07) is 6.80. The number of aromatic amines is 1. The van der Waals surface area contributed by atoms with Crippen molar-refractivity contribution in [2.24, 2.45) is 0 Å². The third-order valence-corrected chi connectivity index (χ3v) is 5.02. The van der Waals surface area contributed by atoms with E-state index in [9.17, 15) is 5.11 Å². The molecule has 0 aliphatic carbocycles. The molecule has 25 heavy (non-hydrogen) atoms. The number of ether oxygens (including phenoxy) is 1. The number of fused-ring (bicyclic) bond motifs is 1. The van der Waals surface area contributed by atoms with Gasteiger partial charge in [-0.1, -0.05) is 11.6 Å². The number of anilines is 2. The Labute approximate surface area is 153 Å². The van der Waals surface area contributed by atoms with Crippen LogP contribution in [-0.4, -0.2) is 50.7 Å². The van der Waals surface area contributed by atoms with E-state index in [0.29, 0.717) is 22.3 Å². The van der Waals surface area contributed by atoms with Crippen molar-refractivity contribution in [2.75, 3.05) is 31.6 Å². The minimum absolute atomic E-state index is 0.0985. The lowest BCUT2D eigenvalue weighted by molar-refractivity contribution is 0.0773. The van der Waals surface area contributed by atoms with Gasteiger partial charge >= 0.3 is 0 Å². The number of benzene rings is 1. The van der Waals surface area contributed by atoms with E-state index in [1.54, 1.807) is 24.1 Å². The summed E-state index contributed by atoms with van der Waals surface area (Å²) in [4.78, 5) is 13.0. The largest absolute Gasteiger partial charge is 0.506 e. The molecule has 0 unspecified atom stereocenters. The molecule has 1 fully saturated rings. The van der Waals surface area contributed by atoms with Gasteiger partial charge in [-0.25, -0.2) is 9.29 Å². The Morgan fingerprint density at radius 2 is 2.12 bits per heavy atom. The number of phenolic OH excluding ortho intramolecular Hbond substituents is 1. The van der Waals surface area contributed by atoms with Crippen LogP contribution in [0.4, 0.5) is 11.6 Å². The summed E-state index contributed by atoms with van der Waals surface area (Å²) in [5.41, 5.74) is 1.91. The Bertz CT molecular complexity index is 897. The first-order valence-corrected chi connectivity index (χ1v) is 8.94. The molecule has 4 rings (SSSR count). The van der Waals surface area contributed by atoms with Crippen molar-refractivity contribution >= 4 is 46.3 Å². The Morgan fingerprint density at radius 1 is 1.28 bits per heavy atom. The number of pyridine rings is 1. The van der Waals surface area contributed by atoms with Gasteiger partial charge in [0.05, 0.1) is 24.4 Å². The van der Waals surface area contributed by atoms with Gasteiger partial charge in [-0.05, 0) is 36.2 Å². The van der Waals surface area contributed by atoms with E-state index in [0.717, 1.165) is 36.7 Å². The molecule has 0 atom stereocenters. The zero-order valence-electron chi connectivity index (χ0n) is 13.2. The topological polar surface area (TPSA) is 86.3 Å². The maximum Gasteiger partial charge on any atom is 0.207 e. The SMILES string of the molecule is Oc1ccc(Cl)cc1Nc1nc2ncc(SN3CCOCC3)cc2[nH]1. The fraction of sp³-hybridized carbons (Fsp3) is 0.250. The third-order valence-electron chi connectivity index (χ3n) is 3.73. The molecule has 3 heterocycles. The Balaban J connectivity index is 1.54. The first kappa shape index (κ1) is 16.5. The van der Waals surface area contributed by atoms with Gasteiger partial charge in [-0.15, -0.1) is 0 Å². The molecular formula is C16H16ClN5O2S. The van der Waals surface area contributed by atoms with Gasteiger partial charge in [0.15, 0.2) is 5.65 Å². The zero-order chi connectivity index (χ0) is 17.2. The highest BCUT2D eigenvalue weighted by molar-refractivity contribution is 7.97. The van der Waals surface area contributed by atoms with Crippen molar-refractivity contribution in [1.29, 1.82) is 0 Å². The van der Waals surface area contributed by atoms with Crippen LogP contribution < -0.4 is 5.32 Å². The average molecular weight is 378 g/mol. The van der Waals surface area contributed by atoms with Gasteiger partial charge in [-0.2, -0.15) is 4.98 Å². The smallest absolute Gasteiger partial charge is 0.207 e. The van der Waals surface area contributed by atoms with Crippen LogP contribution in [0.15, 0.2) is 35.4 Å². The molecule has 1 aromatic carbocycles. The van der Waals surface area contributed by atoms with Gasteiger partial charge in [0.25, 0.3) is 0 Å². The maximum absolute atomic E-state index is 9.90. The normalized spacial score (nSPS) is 15.6. The number of H-pyrrole nitrogens is 1. The van der Waals surface area contributed by atoms with Crippen LogP contribution in [0.5, 0.6) is 5.75 Å². The molecular weight excluding hydrogens is 362 g/mol. The summed E-state index contributed by atoms with van der Waals surface area (Å²) in [6.45, 7) is 3.30. The second-order valence-corrected chi connectivity index (χ2v) is 7.15. The summed E-state index contributed by atoms with van der Waals surface area (Å²) < 4.78 is 7.62. The highest BCUT2D eigenvalue weighted by atomic mass is 35.5. The van der Waals surface area contributed by atoms with Gasteiger partial charge in [0.2, 0.25) is 5.95 Å². The molecule has 2 aromatic heterocycles. The van der Waals surface area contributed by atoms with Crippen LogP contribution >= 0.6 is 23.5 Å². The molecule has 1 aliphatic heterocycles. The zero-order valence-corrected chi connectivity index (χ0v) is 14.8. The second-order valence-electron chi connectivity index (χ2n) is 5.55. The van der Waals surface area contributed by atoms with Crippen molar-refractivity contribution in [3.8, 4) is 5.75 Å². The van der Waals surface area contributed by atoms with Gasteiger partial charge in [-0.3, -0.25) is 0 Å². The summed E-state index contributed by atoms with van der Waals surface area (Å²) in [5, 5.41) is 13.5. The van der Waals surface area contributed by atoms with Crippen molar-refractivity contribution in [3.05, 3.63) is 35.5 Å². The van der Waals surface area contributed by atoms with E-state index in [1.165, 1.54) is 6.07 Å². The second kappa shape index (κ2) is 7.09. The van der Waals surface area contributed by atoms with E-state index in [2.05, 4.69) is 24.6 Å². The molecule has 3 aromatic rings. The standard InChI is InChI=1S/C16H16ClN5O2S/c17-10-1-2-14(23)12(7-10)19-16-20-13-8-11(9-18-15(13)21-16)25-22-3-5-24-6-4-22/h1-2,7-9,23H,3-6H2,(H2,18,19,20,21). The molecule has 1 saturated heterocycles. The lowest BCUT2D eigenvalue weighted by Gasteiger charge is -2.24. The number of hydrogen-bond acceptors (Lipinski definition) is 7. The van der Waals surface area contributed by atoms with Crippen molar-refractivity contribution in [2.45, 2.75) is 4.90 Å². The number of phenols is 1. The molecule has 0 amide bonds. The van der Waals surface area contributed by atoms with Crippen LogP contribution in [0.3, 0.4) is 0 Å². The molecule has 0 bridgehead atoms. The van der Waals surface area contributed by atoms with E-state index >= 15 is 0 Å². The van der Waals surface area contributed by atoms with Crippen LogP contribution in [-0.2, 0) is 4.74 Å². The van der Waals surface area contributed by atoms with Crippen molar-refractivity contribution in [1.82, 2.24) is 19.3 Å². The summed E-state index contributed by atoms with van der Waals surface area (Å²) >= 11 is 7.63. The quantitative estimate of drug-likeness (QED) is 0.474. The molecule has 9 heteroatoms. The third kappa shape index (κ3) is 3.82. The fourth-order valence-corrected chi connectivity index (χ4v) is 3.59. The van der Waals surface area contributed by atoms with Crippen LogP contribution in [0, 0.1) is 0 Å². The number of morpholine rings is 1. The highest BCUT2D eigenvalue weighted by Gasteiger charge is 2.13. The van der Waals surface area contributed by atoms with Crippen LogP contribution in [0.2, 0.25) is 5.02 Å². The summed E-state index contributed by atoms with van der Waals surface area (Å²) in [7, 11) is 0. The number of halogens is 1.